The molecule has 0 saturated heterocycles. The highest BCUT2D eigenvalue weighted by Gasteiger charge is 2.16. The number of hydrogen-bond donors (Lipinski definition) is 1. The summed E-state index contributed by atoms with van der Waals surface area (Å²) in [4.78, 5) is 0.123. The predicted octanol–water partition coefficient (Wildman–Crippen LogP) is 4.64. The van der Waals surface area contributed by atoms with Gasteiger partial charge < -0.3 is 0 Å². The molecule has 7 heteroatoms. The second kappa shape index (κ2) is 6.35. The minimum atomic E-state index is -3.68. The number of halogens is 3. The van der Waals surface area contributed by atoms with Gasteiger partial charge in [0.05, 0.1) is 15.6 Å². The van der Waals surface area contributed by atoms with Crippen LogP contribution in [0, 0.1) is 0 Å². The number of para-hydroxylation sites is 1. The first-order chi connectivity index (χ1) is 9.44. The summed E-state index contributed by atoms with van der Waals surface area (Å²) in [5, 5.41) is 0.449. The SMILES string of the molecule is O=S(=O)(Nc1ccccc1CCl)c1ccc(Cl)c(Br)c1. The summed E-state index contributed by atoms with van der Waals surface area (Å²) in [6.45, 7) is 0. The molecule has 0 aliphatic heterocycles. The fourth-order valence-electron chi connectivity index (χ4n) is 1.58. The lowest BCUT2D eigenvalue weighted by atomic mass is 10.2. The molecule has 0 fully saturated rings. The Hall–Kier alpha value is -0.750. The molecule has 0 aliphatic carbocycles. The van der Waals surface area contributed by atoms with Crippen molar-refractivity contribution in [3.63, 3.8) is 0 Å². The third kappa shape index (κ3) is 3.47. The quantitative estimate of drug-likeness (QED) is 0.767. The molecule has 0 unspecified atom stereocenters. The molecule has 3 nitrogen and oxygen atoms in total. The van der Waals surface area contributed by atoms with E-state index in [1.165, 1.54) is 18.2 Å². The van der Waals surface area contributed by atoms with Crippen molar-refractivity contribution < 1.29 is 8.42 Å². The molecule has 1 N–H and O–H groups in total. The second-order valence-electron chi connectivity index (χ2n) is 3.97. The van der Waals surface area contributed by atoms with E-state index in [2.05, 4.69) is 20.7 Å². The Bertz CT molecular complexity index is 735. The van der Waals surface area contributed by atoms with Crippen LogP contribution in [0.2, 0.25) is 5.02 Å². The maximum Gasteiger partial charge on any atom is 0.261 e. The van der Waals surface area contributed by atoms with E-state index >= 15 is 0 Å². The number of sulfonamides is 1. The van der Waals surface area contributed by atoms with Crippen LogP contribution in [0.4, 0.5) is 5.69 Å². The average molecular weight is 395 g/mol. The van der Waals surface area contributed by atoms with Crippen molar-refractivity contribution in [1.82, 2.24) is 0 Å². The molecular weight excluding hydrogens is 385 g/mol. The van der Waals surface area contributed by atoms with Gasteiger partial charge in [0.15, 0.2) is 0 Å². The molecule has 0 saturated carbocycles. The minimum Gasteiger partial charge on any atom is -0.279 e. The monoisotopic (exact) mass is 393 g/mol. The highest BCUT2D eigenvalue weighted by molar-refractivity contribution is 9.10. The highest BCUT2D eigenvalue weighted by Crippen LogP contribution is 2.27. The Kier molecular flexibility index (Phi) is 4.96. The first kappa shape index (κ1) is 15.6. The van der Waals surface area contributed by atoms with Crippen LogP contribution in [0.25, 0.3) is 0 Å². The van der Waals surface area contributed by atoms with Crippen LogP contribution in [-0.2, 0) is 15.9 Å². The fourth-order valence-corrected chi connectivity index (χ4v) is 3.59. The normalized spacial score (nSPS) is 11.3. The van der Waals surface area contributed by atoms with Crippen LogP contribution in [0.1, 0.15) is 5.56 Å². The zero-order valence-electron chi connectivity index (χ0n) is 10.1. The van der Waals surface area contributed by atoms with Gasteiger partial charge in [-0.15, -0.1) is 11.6 Å². The molecule has 0 radical (unpaired) electrons. The maximum absolute atomic E-state index is 12.3. The average Bonchev–Trinajstić information content (AvgIpc) is 2.42. The van der Waals surface area contributed by atoms with Gasteiger partial charge in [-0.1, -0.05) is 29.8 Å². The number of alkyl halides is 1. The molecule has 0 heterocycles. The molecule has 2 aromatic carbocycles. The summed E-state index contributed by atoms with van der Waals surface area (Å²) in [5.74, 6) is 0.225. The van der Waals surface area contributed by atoms with Gasteiger partial charge in [0.25, 0.3) is 10.0 Å². The smallest absolute Gasteiger partial charge is 0.261 e. The molecule has 2 aromatic rings. The van der Waals surface area contributed by atoms with Crippen LogP contribution >= 0.6 is 39.1 Å². The van der Waals surface area contributed by atoms with E-state index < -0.39 is 10.0 Å². The Labute approximate surface area is 136 Å². The standard InChI is InChI=1S/C13H10BrCl2NO2S/c14-11-7-10(5-6-12(11)16)20(18,19)17-13-4-2-1-3-9(13)8-15/h1-7,17H,8H2. The molecule has 0 aromatic heterocycles. The third-order valence-corrected chi connectivity index (χ3v) is 5.47. The number of nitrogens with one attached hydrogen (secondary N) is 1. The van der Waals surface area contributed by atoms with Crippen molar-refractivity contribution in [2.45, 2.75) is 10.8 Å². The Morgan fingerprint density at radius 1 is 1.15 bits per heavy atom. The van der Waals surface area contributed by atoms with Crippen molar-refractivity contribution in [1.29, 1.82) is 0 Å². The predicted molar refractivity (Wildman–Crippen MR) is 86.0 cm³/mol. The van der Waals surface area contributed by atoms with Gasteiger partial charge >= 0.3 is 0 Å². The zero-order chi connectivity index (χ0) is 14.8. The van der Waals surface area contributed by atoms with Crippen molar-refractivity contribution in [3.05, 3.63) is 57.5 Å². The van der Waals surface area contributed by atoms with Gasteiger partial charge in [-0.25, -0.2) is 8.42 Å². The van der Waals surface area contributed by atoms with Gasteiger partial charge in [0, 0.05) is 10.4 Å². The number of anilines is 1. The van der Waals surface area contributed by atoms with E-state index in [1.807, 2.05) is 0 Å². The van der Waals surface area contributed by atoms with E-state index in [4.69, 9.17) is 23.2 Å². The zero-order valence-corrected chi connectivity index (χ0v) is 14.0. The maximum atomic E-state index is 12.3. The summed E-state index contributed by atoms with van der Waals surface area (Å²) in [6, 6.07) is 11.4. The summed E-state index contributed by atoms with van der Waals surface area (Å²) in [6.07, 6.45) is 0. The molecule has 0 aliphatic rings. The molecule has 2 rings (SSSR count). The summed E-state index contributed by atoms with van der Waals surface area (Å²) < 4.78 is 27.7. The van der Waals surface area contributed by atoms with Crippen LogP contribution in [-0.4, -0.2) is 8.42 Å². The van der Waals surface area contributed by atoms with E-state index in [1.54, 1.807) is 24.3 Å². The number of benzene rings is 2. The fraction of sp³-hybridized carbons (Fsp3) is 0.0769. The van der Waals surface area contributed by atoms with Crippen LogP contribution in [0.5, 0.6) is 0 Å². The van der Waals surface area contributed by atoms with Crippen LogP contribution in [0.15, 0.2) is 51.8 Å². The number of hydrogen-bond acceptors (Lipinski definition) is 2. The van der Waals surface area contributed by atoms with E-state index in [9.17, 15) is 8.42 Å². The number of rotatable bonds is 4. The minimum absolute atomic E-state index is 0.123. The summed E-state index contributed by atoms with van der Waals surface area (Å²) in [7, 11) is -3.68. The largest absolute Gasteiger partial charge is 0.279 e. The van der Waals surface area contributed by atoms with Gasteiger partial charge in [0.2, 0.25) is 0 Å². The molecule has 0 atom stereocenters. The first-order valence-electron chi connectivity index (χ1n) is 5.56. The van der Waals surface area contributed by atoms with Crippen molar-refractivity contribution in [3.8, 4) is 0 Å². The van der Waals surface area contributed by atoms with E-state index in [0.29, 0.717) is 20.7 Å². The van der Waals surface area contributed by atoms with Crippen molar-refractivity contribution >= 4 is 54.8 Å². The van der Waals surface area contributed by atoms with Crippen LogP contribution in [0.3, 0.4) is 0 Å². The lowest BCUT2D eigenvalue weighted by Gasteiger charge is -2.11. The first-order valence-corrected chi connectivity index (χ1v) is 8.74. The van der Waals surface area contributed by atoms with Crippen molar-refractivity contribution in [2.75, 3.05) is 4.72 Å². The van der Waals surface area contributed by atoms with Crippen LogP contribution < -0.4 is 4.72 Å². The molecule has 106 valence electrons. The van der Waals surface area contributed by atoms with Gasteiger partial charge in [-0.3, -0.25) is 4.72 Å². The Morgan fingerprint density at radius 3 is 2.50 bits per heavy atom. The van der Waals surface area contributed by atoms with E-state index in [-0.39, 0.29) is 10.8 Å². The van der Waals surface area contributed by atoms with Gasteiger partial charge in [-0.05, 0) is 45.8 Å². The summed E-state index contributed by atoms with van der Waals surface area (Å²) in [5.41, 5.74) is 1.18. The molecule has 0 amide bonds. The van der Waals surface area contributed by atoms with Crippen molar-refractivity contribution in [2.24, 2.45) is 0 Å². The lowest BCUT2D eigenvalue weighted by Crippen LogP contribution is -2.14. The second-order valence-corrected chi connectivity index (χ2v) is 7.18. The van der Waals surface area contributed by atoms with Gasteiger partial charge in [-0.2, -0.15) is 0 Å². The molecule has 0 spiro atoms. The third-order valence-electron chi connectivity index (χ3n) is 2.61. The molecule has 20 heavy (non-hydrogen) atoms. The summed E-state index contributed by atoms with van der Waals surface area (Å²) >= 11 is 14.9. The Morgan fingerprint density at radius 2 is 1.85 bits per heavy atom. The highest BCUT2D eigenvalue weighted by atomic mass is 79.9. The molecule has 0 bridgehead atoms. The Balaban J connectivity index is 2.38. The van der Waals surface area contributed by atoms with E-state index in [0.717, 1.165) is 0 Å². The lowest BCUT2D eigenvalue weighted by molar-refractivity contribution is 0.601. The van der Waals surface area contributed by atoms with Gasteiger partial charge in [0.1, 0.15) is 0 Å². The molecular formula is C13H10BrCl2NO2S. The topological polar surface area (TPSA) is 46.2 Å².